The second kappa shape index (κ2) is 7.85. The van der Waals surface area contributed by atoms with Crippen LogP contribution < -0.4 is 5.32 Å². The van der Waals surface area contributed by atoms with Gasteiger partial charge in [0, 0.05) is 16.7 Å². The Balaban J connectivity index is 1.72. The Morgan fingerprint density at radius 2 is 2.00 bits per heavy atom. The molecule has 8 heteroatoms. The summed E-state index contributed by atoms with van der Waals surface area (Å²) in [5.74, 6) is 0.0226. The predicted octanol–water partition coefficient (Wildman–Crippen LogP) is 4.35. The Bertz CT molecular complexity index is 1220. The summed E-state index contributed by atoms with van der Waals surface area (Å²) in [6.07, 6.45) is 5.15. The number of benzene rings is 1. The van der Waals surface area contributed by atoms with Gasteiger partial charge in [-0.2, -0.15) is 0 Å². The van der Waals surface area contributed by atoms with Crippen LogP contribution in [0.1, 0.15) is 50.3 Å². The molecule has 0 radical (unpaired) electrons. The molecule has 0 bridgehead atoms. The van der Waals surface area contributed by atoms with Crippen molar-refractivity contribution < 1.29 is 22.4 Å². The van der Waals surface area contributed by atoms with Crippen molar-refractivity contribution in [2.75, 3.05) is 11.6 Å². The zero-order chi connectivity index (χ0) is 21.5. The molecule has 4 rings (SSSR count). The van der Waals surface area contributed by atoms with Crippen molar-refractivity contribution in [3.63, 3.8) is 0 Å². The number of carbonyl (C=O) groups is 2. The van der Waals surface area contributed by atoms with Crippen LogP contribution in [-0.2, 0) is 22.7 Å². The van der Waals surface area contributed by atoms with Gasteiger partial charge in [0.2, 0.25) is 5.78 Å². The number of thiophene rings is 1. The number of furan rings is 1. The maximum Gasteiger partial charge on any atom is 0.256 e. The van der Waals surface area contributed by atoms with E-state index in [1.165, 1.54) is 35.8 Å². The lowest BCUT2D eigenvalue weighted by atomic mass is 9.87. The smallest absolute Gasteiger partial charge is 0.256 e. The Kier molecular flexibility index (Phi) is 5.38. The predicted molar refractivity (Wildman–Crippen MR) is 115 cm³/mol. The molecule has 2 aromatic heterocycles. The van der Waals surface area contributed by atoms with Gasteiger partial charge in [-0.25, -0.2) is 8.42 Å². The molecule has 1 aliphatic rings. The van der Waals surface area contributed by atoms with Crippen molar-refractivity contribution >= 4 is 37.9 Å². The summed E-state index contributed by atoms with van der Waals surface area (Å²) >= 11 is 1.41. The van der Waals surface area contributed by atoms with E-state index in [9.17, 15) is 18.0 Å². The molecular formula is C22H21NO5S2. The van der Waals surface area contributed by atoms with E-state index in [4.69, 9.17) is 4.42 Å². The molecular weight excluding hydrogens is 422 g/mol. The maximum atomic E-state index is 13.1. The van der Waals surface area contributed by atoms with Crippen molar-refractivity contribution in [3.05, 3.63) is 70.0 Å². The van der Waals surface area contributed by atoms with E-state index in [1.54, 1.807) is 18.2 Å². The minimum Gasteiger partial charge on any atom is -0.461 e. The van der Waals surface area contributed by atoms with Gasteiger partial charge in [0.05, 0.1) is 16.7 Å². The first kappa shape index (κ1) is 20.6. The lowest BCUT2D eigenvalue weighted by molar-refractivity contribution is 0.101. The Labute approximate surface area is 178 Å². The molecule has 3 aromatic rings. The fourth-order valence-electron chi connectivity index (χ4n) is 3.65. The monoisotopic (exact) mass is 443 g/mol. The summed E-state index contributed by atoms with van der Waals surface area (Å²) in [5.41, 5.74) is 1.67. The van der Waals surface area contributed by atoms with Crippen LogP contribution in [0.3, 0.4) is 0 Å². The third-order valence-corrected chi connectivity index (χ3v) is 7.52. The molecule has 6 nitrogen and oxygen atoms in total. The Morgan fingerprint density at radius 1 is 1.20 bits per heavy atom. The molecule has 30 heavy (non-hydrogen) atoms. The zero-order valence-electron chi connectivity index (χ0n) is 16.6. The van der Waals surface area contributed by atoms with E-state index in [0.29, 0.717) is 16.5 Å². The number of rotatable bonds is 5. The van der Waals surface area contributed by atoms with Crippen LogP contribution >= 0.6 is 11.3 Å². The van der Waals surface area contributed by atoms with Crippen molar-refractivity contribution in [3.8, 4) is 0 Å². The Morgan fingerprint density at radius 3 is 2.70 bits per heavy atom. The van der Waals surface area contributed by atoms with Gasteiger partial charge in [-0.05, 0) is 61.1 Å². The fourth-order valence-corrected chi connectivity index (χ4v) is 5.72. The highest BCUT2D eigenvalue weighted by molar-refractivity contribution is 7.90. The summed E-state index contributed by atoms with van der Waals surface area (Å²) < 4.78 is 28.9. The summed E-state index contributed by atoms with van der Waals surface area (Å²) in [5, 5.41) is 3.32. The average molecular weight is 444 g/mol. The standard InChI is InChI=1S/C22H21NO5S2/c1-13-8-9-16-18(11-13)29-22(19(16)20(24)17-7-4-10-28-17)23-21(25)14-5-3-6-15(12-14)30(2,26)27/h3-7,10,12-13H,8-9,11H2,1-2H3,(H,23,25). The Hall–Kier alpha value is -2.71. The maximum absolute atomic E-state index is 13.1. The third-order valence-electron chi connectivity index (χ3n) is 5.24. The third kappa shape index (κ3) is 3.97. The molecule has 1 unspecified atom stereocenters. The van der Waals surface area contributed by atoms with Gasteiger partial charge in [-0.1, -0.05) is 13.0 Å². The lowest BCUT2D eigenvalue weighted by Crippen LogP contribution is -2.16. The first-order chi connectivity index (χ1) is 14.2. The van der Waals surface area contributed by atoms with Crippen molar-refractivity contribution in [1.29, 1.82) is 0 Å². The summed E-state index contributed by atoms with van der Waals surface area (Å²) in [4.78, 5) is 27.2. The number of anilines is 1. The van der Waals surface area contributed by atoms with Gasteiger partial charge in [0.25, 0.3) is 5.91 Å². The summed E-state index contributed by atoms with van der Waals surface area (Å²) in [6.45, 7) is 2.17. The molecule has 1 amide bonds. The summed E-state index contributed by atoms with van der Waals surface area (Å²) in [6, 6.07) is 9.13. The molecule has 0 saturated carbocycles. The number of hydrogen-bond acceptors (Lipinski definition) is 6. The van der Waals surface area contributed by atoms with E-state index < -0.39 is 15.7 Å². The molecule has 1 aliphatic carbocycles. The normalized spacial score (nSPS) is 16.1. The van der Waals surface area contributed by atoms with Crippen LogP contribution in [0.4, 0.5) is 5.00 Å². The van der Waals surface area contributed by atoms with Crippen LogP contribution in [0.25, 0.3) is 0 Å². The minimum absolute atomic E-state index is 0.0707. The molecule has 0 aliphatic heterocycles. The average Bonchev–Trinajstić information content (AvgIpc) is 3.34. The summed E-state index contributed by atoms with van der Waals surface area (Å²) in [7, 11) is -3.44. The SMILES string of the molecule is CC1CCc2c(sc(NC(=O)c3cccc(S(C)(=O)=O)c3)c2C(=O)c2ccco2)C1. The van der Waals surface area contributed by atoms with E-state index in [0.717, 1.165) is 36.0 Å². The van der Waals surface area contributed by atoms with Crippen LogP contribution in [0.5, 0.6) is 0 Å². The van der Waals surface area contributed by atoms with Crippen molar-refractivity contribution in [2.45, 2.75) is 31.1 Å². The molecule has 1 atom stereocenters. The molecule has 0 saturated heterocycles. The van der Waals surface area contributed by atoms with E-state index in [-0.39, 0.29) is 22.0 Å². The van der Waals surface area contributed by atoms with Crippen LogP contribution in [0.15, 0.2) is 52.0 Å². The second-order valence-corrected chi connectivity index (χ2v) is 10.7. The fraction of sp³-hybridized carbons (Fsp3) is 0.273. The number of fused-ring (bicyclic) bond motifs is 1. The van der Waals surface area contributed by atoms with Crippen LogP contribution in [-0.4, -0.2) is 26.4 Å². The van der Waals surface area contributed by atoms with E-state index >= 15 is 0 Å². The zero-order valence-corrected chi connectivity index (χ0v) is 18.2. The highest BCUT2D eigenvalue weighted by Gasteiger charge is 2.30. The topological polar surface area (TPSA) is 93.5 Å². The van der Waals surface area contributed by atoms with Crippen LogP contribution in [0, 0.1) is 5.92 Å². The van der Waals surface area contributed by atoms with E-state index in [2.05, 4.69) is 12.2 Å². The number of hydrogen-bond donors (Lipinski definition) is 1. The van der Waals surface area contributed by atoms with Crippen LogP contribution in [0.2, 0.25) is 0 Å². The lowest BCUT2D eigenvalue weighted by Gasteiger charge is -2.18. The first-order valence-electron chi connectivity index (χ1n) is 9.58. The molecule has 2 heterocycles. The highest BCUT2D eigenvalue weighted by Crippen LogP contribution is 2.41. The minimum atomic E-state index is -3.44. The molecule has 0 spiro atoms. The first-order valence-corrected chi connectivity index (χ1v) is 12.3. The molecule has 0 fully saturated rings. The number of carbonyl (C=O) groups excluding carboxylic acids is 2. The highest BCUT2D eigenvalue weighted by atomic mass is 32.2. The molecule has 1 aromatic carbocycles. The van der Waals surface area contributed by atoms with Gasteiger partial charge in [-0.3, -0.25) is 9.59 Å². The van der Waals surface area contributed by atoms with Crippen molar-refractivity contribution in [2.24, 2.45) is 5.92 Å². The van der Waals surface area contributed by atoms with Gasteiger partial charge in [0.15, 0.2) is 15.6 Å². The molecule has 156 valence electrons. The van der Waals surface area contributed by atoms with Gasteiger partial charge in [0.1, 0.15) is 5.00 Å². The van der Waals surface area contributed by atoms with Gasteiger partial charge >= 0.3 is 0 Å². The second-order valence-electron chi connectivity index (χ2n) is 7.62. The molecule has 1 N–H and O–H groups in total. The number of sulfone groups is 1. The van der Waals surface area contributed by atoms with Gasteiger partial charge < -0.3 is 9.73 Å². The number of nitrogens with one attached hydrogen (secondary N) is 1. The quantitative estimate of drug-likeness (QED) is 0.592. The largest absolute Gasteiger partial charge is 0.461 e. The van der Waals surface area contributed by atoms with E-state index in [1.807, 2.05) is 0 Å². The van der Waals surface area contributed by atoms with Gasteiger partial charge in [-0.15, -0.1) is 11.3 Å². The number of ketones is 1. The number of amides is 1. The van der Waals surface area contributed by atoms with Crippen molar-refractivity contribution in [1.82, 2.24) is 0 Å².